The fourth-order valence-corrected chi connectivity index (χ4v) is 3.77. The van der Waals surface area contributed by atoms with Gasteiger partial charge in [-0.1, -0.05) is 26.7 Å². The largest absolute Gasteiger partial charge is 0.387 e. The molecule has 19 heavy (non-hydrogen) atoms. The zero-order valence-corrected chi connectivity index (χ0v) is 13.0. The van der Waals surface area contributed by atoms with E-state index in [-0.39, 0.29) is 6.10 Å². The predicted molar refractivity (Wildman–Crippen MR) is 82.5 cm³/mol. The lowest BCUT2D eigenvalue weighted by molar-refractivity contribution is 0.168. The van der Waals surface area contributed by atoms with E-state index in [2.05, 4.69) is 19.2 Å². The average Bonchev–Trinajstić information content (AvgIpc) is 2.81. The molecule has 1 aliphatic carbocycles. The number of aliphatic hydroxyl groups is 1. The Morgan fingerprint density at radius 1 is 1.32 bits per heavy atom. The second-order valence-corrected chi connectivity index (χ2v) is 6.97. The minimum Gasteiger partial charge on any atom is -0.387 e. The monoisotopic (exact) mass is 281 g/mol. The molecule has 1 aromatic heterocycles. The summed E-state index contributed by atoms with van der Waals surface area (Å²) in [5, 5.41) is 17.7. The van der Waals surface area contributed by atoms with Gasteiger partial charge in [0.05, 0.1) is 6.10 Å². The second kappa shape index (κ2) is 7.41. The van der Waals surface area contributed by atoms with Crippen LogP contribution in [0.25, 0.3) is 0 Å². The van der Waals surface area contributed by atoms with Crippen molar-refractivity contribution in [1.29, 1.82) is 0 Å². The van der Waals surface area contributed by atoms with E-state index < -0.39 is 0 Å². The topological polar surface area (TPSA) is 32.3 Å². The zero-order valence-electron chi connectivity index (χ0n) is 12.1. The third-order valence-electron chi connectivity index (χ3n) is 4.48. The molecule has 3 atom stereocenters. The molecule has 2 nitrogen and oxygen atoms in total. The maximum atomic E-state index is 10.1. The molecule has 3 unspecified atom stereocenters. The third kappa shape index (κ3) is 4.59. The molecule has 1 aliphatic rings. The molecule has 0 saturated heterocycles. The molecule has 0 aliphatic heterocycles. The predicted octanol–water partition coefficient (Wildman–Crippen LogP) is 3.98. The fraction of sp³-hybridized carbons (Fsp3) is 0.750. The molecule has 1 saturated carbocycles. The summed E-state index contributed by atoms with van der Waals surface area (Å²) in [7, 11) is 0. The molecule has 0 spiro atoms. The van der Waals surface area contributed by atoms with Crippen molar-refractivity contribution in [2.45, 2.75) is 58.1 Å². The van der Waals surface area contributed by atoms with Crippen LogP contribution >= 0.6 is 11.3 Å². The fourth-order valence-electron chi connectivity index (χ4n) is 3.06. The number of rotatable bonds is 5. The van der Waals surface area contributed by atoms with Gasteiger partial charge in [-0.05, 0) is 53.5 Å². The maximum Gasteiger partial charge on any atom is 0.0922 e. The van der Waals surface area contributed by atoms with Crippen LogP contribution in [-0.2, 0) is 0 Å². The van der Waals surface area contributed by atoms with Crippen molar-refractivity contribution in [3.05, 3.63) is 22.4 Å². The van der Waals surface area contributed by atoms with Gasteiger partial charge in [-0.25, -0.2) is 0 Å². The highest BCUT2D eigenvalue weighted by atomic mass is 32.1. The van der Waals surface area contributed by atoms with Gasteiger partial charge in [-0.3, -0.25) is 0 Å². The summed E-state index contributed by atoms with van der Waals surface area (Å²) in [4.78, 5) is 0. The lowest BCUT2D eigenvalue weighted by Gasteiger charge is -2.20. The van der Waals surface area contributed by atoms with E-state index in [1.165, 1.54) is 32.1 Å². The van der Waals surface area contributed by atoms with E-state index in [1.54, 1.807) is 11.3 Å². The minimum absolute atomic E-state index is 0.351. The summed E-state index contributed by atoms with van der Waals surface area (Å²) in [6, 6.07) is 2.61. The van der Waals surface area contributed by atoms with Gasteiger partial charge in [0.15, 0.2) is 0 Å². The summed E-state index contributed by atoms with van der Waals surface area (Å²) in [6.45, 7) is 5.38. The van der Waals surface area contributed by atoms with E-state index >= 15 is 0 Å². The molecular weight excluding hydrogens is 254 g/mol. The second-order valence-electron chi connectivity index (χ2n) is 6.19. The van der Waals surface area contributed by atoms with E-state index in [4.69, 9.17) is 0 Å². The zero-order chi connectivity index (χ0) is 13.7. The van der Waals surface area contributed by atoms with Crippen LogP contribution in [0.15, 0.2) is 16.8 Å². The van der Waals surface area contributed by atoms with Gasteiger partial charge in [0, 0.05) is 12.6 Å². The van der Waals surface area contributed by atoms with Crippen LogP contribution in [0.1, 0.15) is 57.6 Å². The number of nitrogens with one attached hydrogen (secondary N) is 1. The van der Waals surface area contributed by atoms with E-state index in [1.807, 2.05) is 16.8 Å². The molecule has 1 fully saturated rings. The van der Waals surface area contributed by atoms with Gasteiger partial charge >= 0.3 is 0 Å². The molecule has 1 aromatic rings. The maximum absolute atomic E-state index is 10.1. The summed E-state index contributed by atoms with van der Waals surface area (Å²) in [5.41, 5.74) is 1.05. The smallest absolute Gasteiger partial charge is 0.0922 e. The van der Waals surface area contributed by atoms with Crippen molar-refractivity contribution < 1.29 is 5.11 Å². The number of aliphatic hydroxyl groups excluding tert-OH is 1. The Bertz CT molecular complexity index is 350. The number of thiophene rings is 1. The number of hydrogen-bond donors (Lipinski definition) is 2. The van der Waals surface area contributed by atoms with Crippen molar-refractivity contribution in [2.75, 3.05) is 6.54 Å². The highest BCUT2D eigenvalue weighted by Gasteiger charge is 2.21. The lowest BCUT2D eigenvalue weighted by atomic mass is 9.89. The van der Waals surface area contributed by atoms with E-state index in [0.29, 0.717) is 12.6 Å². The highest BCUT2D eigenvalue weighted by Crippen LogP contribution is 2.29. The Morgan fingerprint density at radius 2 is 2.16 bits per heavy atom. The summed E-state index contributed by atoms with van der Waals surface area (Å²) in [6.07, 6.45) is 6.22. The Morgan fingerprint density at radius 3 is 2.84 bits per heavy atom. The Balaban J connectivity index is 1.74. The molecule has 0 bridgehead atoms. The van der Waals surface area contributed by atoms with Gasteiger partial charge in [0.1, 0.15) is 0 Å². The van der Waals surface area contributed by atoms with Gasteiger partial charge < -0.3 is 10.4 Å². The van der Waals surface area contributed by atoms with Crippen molar-refractivity contribution in [2.24, 2.45) is 11.8 Å². The van der Waals surface area contributed by atoms with Crippen molar-refractivity contribution in [3.63, 3.8) is 0 Å². The molecule has 2 rings (SSSR count). The summed E-state index contributed by atoms with van der Waals surface area (Å²) in [5.74, 6) is 1.71. The SMILES string of the molecule is CC(C)C1CCCC(NCC(O)c2ccsc2)CC1. The van der Waals surface area contributed by atoms with Crippen LogP contribution < -0.4 is 5.32 Å². The molecule has 108 valence electrons. The Hall–Kier alpha value is -0.380. The molecule has 3 heteroatoms. The van der Waals surface area contributed by atoms with Crippen LogP contribution in [0.3, 0.4) is 0 Å². The summed E-state index contributed by atoms with van der Waals surface area (Å²) >= 11 is 1.65. The average molecular weight is 281 g/mol. The highest BCUT2D eigenvalue weighted by molar-refractivity contribution is 7.07. The molecule has 0 amide bonds. The lowest BCUT2D eigenvalue weighted by Crippen LogP contribution is -2.32. The van der Waals surface area contributed by atoms with Crippen LogP contribution in [0, 0.1) is 11.8 Å². The first-order valence-corrected chi connectivity index (χ1v) is 8.54. The van der Waals surface area contributed by atoms with Gasteiger partial charge in [0.25, 0.3) is 0 Å². The van der Waals surface area contributed by atoms with Gasteiger partial charge in [-0.2, -0.15) is 11.3 Å². The van der Waals surface area contributed by atoms with Crippen LogP contribution in [0.4, 0.5) is 0 Å². The molecule has 2 N–H and O–H groups in total. The Kier molecular flexibility index (Phi) is 5.86. The molecule has 0 aromatic carbocycles. The van der Waals surface area contributed by atoms with E-state index in [0.717, 1.165) is 17.4 Å². The van der Waals surface area contributed by atoms with Gasteiger partial charge in [0.2, 0.25) is 0 Å². The van der Waals surface area contributed by atoms with Crippen LogP contribution in [0.2, 0.25) is 0 Å². The quantitative estimate of drug-likeness (QED) is 0.800. The summed E-state index contributed by atoms with van der Waals surface area (Å²) < 4.78 is 0. The van der Waals surface area contributed by atoms with Gasteiger partial charge in [-0.15, -0.1) is 0 Å². The normalized spacial score (nSPS) is 26.3. The first-order valence-electron chi connectivity index (χ1n) is 7.60. The standard InChI is InChI=1S/C16H27NOS/c1-12(2)13-4-3-5-15(7-6-13)17-10-16(18)14-8-9-19-11-14/h8-9,11-13,15-18H,3-7,10H2,1-2H3. The first-order chi connectivity index (χ1) is 9.16. The van der Waals surface area contributed by atoms with Crippen molar-refractivity contribution in [3.8, 4) is 0 Å². The first kappa shape index (κ1) is 15.0. The molecule has 1 heterocycles. The molecule has 0 radical (unpaired) electrons. The third-order valence-corrected chi connectivity index (χ3v) is 5.19. The molecular formula is C16H27NOS. The number of hydrogen-bond acceptors (Lipinski definition) is 3. The Labute approximate surface area is 121 Å². The van der Waals surface area contributed by atoms with Crippen molar-refractivity contribution >= 4 is 11.3 Å². The van der Waals surface area contributed by atoms with E-state index in [9.17, 15) is 5.11 Å². The minimum atomic E-state index is -0.351. The van der Waals surface area contributed by atoms with Crippen molar-refractivity contribution in [1.82, 2.24) is 5.32 Å². The van der Waals surface area contributed by atoms with Crippen LogP contribution in [-0.4, -0.2) is 17.7 Å². The van der Waals surface area contributed by atoms with Crippen LogP contribution in [0.5, 0.6) is 0 Å².